The number of carboxylic acids is 1. The summed E-state index contributed by atoms with van der Waals surface area (Å²) < 4.78 is 0. The van der Waals surface area contributed by atoms with Gasteiger partial charge in [0.05, 0.1) is 12.2 Å². The SMILES string of the molecule is CC(C)C(CC(=O)O)NC(=O)CSCc1cccs1. The Balaban J connectivity index is 2.29. The van der Waals surface area contributed by atoms with Gasteiger partial charge in [-0.25, -0.2) is 0 Å². The topological polar surface area (TPSA) is 66.4 Å². The smallest absolute Gasteiger partial charge is 0.305 e. The van der Waals surface area contributed by atoms with E-state index in [9.17, 15) is 9.59 Å². The second kappa shape index (κ2) is 8.22. The molecule has 1 atom stereocenters. The van der Waals surface area contributed by atoms with E-state index in [0.29, 0.717) is 5.75 Å². The number of amides is 1. The lowest BCUT2D eigenvalue weighted by Gasteiger charge is -2.20. The van der Waals surface area contributed by atoms with Crippen molar-refractivity contribution in [1.82, 2.24) is 5.32 Å². The van der Waals surface area contributed by atoms with E-state index in [1.165, 1.54) is 4.88 Å². The number of hydrogen-bond donors (Lipinski definition) is 2. The Morgan fingerprint density at radius 1 is 1.47 bits per heavy atom. The summed E-state index contributed by atoms with van der Waals surface area (Å²) in [7, 11) is 0. The van der Waals surface area contributed by atoms with Gasteiger partial charge in [-0.2, -0.15) is 0 Å². The molecule has 0 aliphatic carbocycles. The number of rotatable bonds is 8. The Morgan fingerprint density at radius 2 is 2.21 bits per heavy atom. The third kappa shape index (κ3) is 6.63. The maximum atomic E-state index is 11.7. The van der Waals surface area contributed by atoms with Crippen LogP contribution in [0.3, 0.4) is 0 Å². The van der Waals surface area contributed by atoms with Crippen LogP contribution in [-0.2, 0) is 15.3 Å². The standard InChI is InChI=1S/C13H19NO3S2/c1-9(2)11(6-13(16)17)14-12(15)8-18-7-10-4-3-5-19-10/h3-5,9,11H,6-8H2,1-2H3,(H,14,15)(H,16,17). The first-order chi connectivity index (χ1) is 8.99. The third-order valence-corrected chi connectivity index (χ3v) is 4.64. The van der Waals surface area contributed by atoms with Gasteiger partial charge in [0, 0.05) is 16.7 Å². The highest BCUT2D eigenvalue weighted by Gasteiger charge is 2.19. The van der Waals surface area contributed by atoms with Gasteiger partial charge < -0.3 is 10.4 Å². The molecule has 19 heavy (non-hydrogen) atoms. The highest BCUT2D eigenvalue weighted by atomic mass is 32.2. The van der Waals surface area contributed by atoms with Crippen molar-refractivity contribution >= 4 is 35.0 Å². The minimum atomic E-state index is -0.884. The average Bonchev–Trinajstić information content (AvgIpc) is 2.80. The molecule has 1 unspecified atom stereocenters. The predicted octanol–water partition coefficient (Wildman–Crippen LogP) is 2.60. The fourth-order valence-corrected chi connectivity index (χ4v) is 3.21. The second-order valence-electron chi connectivity index (χ2n) is 4.59. The van der Waals surface area contributed by atoms with E-state index in [1.807, 2.05) is 31.4 Å². The van der Waals surface area contributed by atoms with Crippen molar-refractivity contribution in [3.05, 3.63) is 22.4 Å². The Bertz CT molecular complexity index is 404. The molecule has 6 heteroatoms. The number of carbonyl (C=O) groups excluding carboxylic acids is 1. The highest BCUT2D eigenvalue weighted by molar-refractivity contribution is 7.99. The zero-order valence-corrected chi connectivity index (χ0v) is 12.7. The molecule has 1 rings (SSSR count). The first-order valence-electron chi connectivity index (χ1n) is 6.10. The molecule has 0 aliphatic heterocycles. The van der Waals surface area contributed by atoms with Crippen molar-refractivity contribution in [2.45, 2.75) is 32.1 Å². The van der Waals surface area contributed by atoms with E-state index in [4.69, 9.17) is 5.11 Å². The van der Waals surface area contributed by atoms with E-state index in [1.54, 1.807) is 23.1 Å². The van der Waals surface area contributed by atoms with Crippen LogP contribution in [0, 0.1) is 5.92 Å². The van der Waals surface area contributed by atoms with Gasteiger partial charge in [-0.1, -0.05) is 19.9 Å². The minimum Gasteiger partial charge on any atom is -0.481 e. The summed E-state index contributed by atoms with van der Waals surface area (Å²) in [6.45, 7) is 3.82. The minimum absolute atomic E-state index is 0.0288. The van der Waals surface area contributed by atoms with E-state index in [0.717, 1.165) is 5.75 Å². The van der Waals surface area contributed by atoms with Gasteiger partial charge in [-0.3, -0.25) is 9.59 Å². The maximum Gasteiger partial charge on any atom is 0.305 e. The molecule has 0 bridgehead atoms. The molecule has 1 aromatic rings. The molecule has 1 amide bonds. The molecule has 2 N–H and O–H groups in total. The van der Waals surface area contributed by atoms with Crippen LogP contribution in [0.25, 0.3) is 0 Å². The van der Waals surface area contributed by atoms with Crippen LogP contribution in [0.15, 0.2) is 17.5 Å². The molecule has 0 aromatic carbocycles. The van der Waals surface area contributed by atoms with Crippen LogP contribution in [0.4, 0.5) is 0 Å². The molecule has 1 heterocycles. The lowest BCUT2D eigenvalue weighted by molar-refractivity contribution is -0.138. The molecule has 0 fully saturated rings. The van der Waals surface area contributed by atoms with Gasteiger partial charge in [0.15, 0.2) is 0 Å². The van der Waals surface area contributed by atoms with Gasteiger partial charge in [-0.15, -0.1) is 23.1 Å². The van der Waals surface area contributed by atoms with Crippen LogP contribution in [0.5, 0.6) is 0 Å². The first kappa shape index (κ1) is 16.0. The summed E-state index contributed by atoms with van der Waals surface area (Å²) in [5.41, 5.74) is 0. The number of nitrogens with one attached hydrogen (secondary N) is 1. The summed E-state index contributed by atoms with van der Waals surface area (Å²) in [6.07, 6.45) is -0.0288. The van der Waals surface area contributed by atoms with Gasteiger partial charge >= 0.3 is 5.97 Å². The zero-order valence-electron chi connectivity index (χ0n) is 11.1. The second-order valence-corrected chi connectivity index (χ2v) is 6.61. The summed E-state index contributed by atoms with van der Waals surface area (Å²) in [5, 5.41) is 13.6. The molecular weight excluding hydrogens is 282 g/mol. The number of thiophene rings is 1. The highest BCUT2D eigenvalue weighted by Crippen LogP contribution is 2.17. The van der Waals surface area contributed by atoms with Crippen LogP contribution >= 0.6 is 23.1 Å². The summed E-state index contributed by atoms with van der Waals surface area (Å²) in [4.78, 5) is 23.7. The lowest BCUT2D eigenvalue weighted by Crippen LogP contribution is -2.41. The molecule has 4 nitrogen and oxygen atoms in total. The Kier molecular flexibility index (Phi) is 6.94. The van der Waals surface area contributed by atoms with Crippen LogP contribution in [-0.4, -0.2) is 28.8 Å². The Morgan fingerprint density at radius 3 is 2.74 bits per heavy atom. The van der Waals surface area contributed by atoms with Crippen LogP contribution < -0.4 is 5.32 Å². The Labute approximate surface area is 121 Å². The van der Waals surface area contributed by atoms with Crippen molar-refractivity contribution < 1.29 is 14.7 Å². The number of carbonyl (C=O) groups is 2. The Hall–Kier alpha value is -1.01. The first-order valence-corrected chi connectivity index (χ1v) is 8.13. The molecule has 106 valence electrons. The quantitative estimate of drug-likeness (QED) is 0.774. The largest absolute Gasteiger partial charge is 0.481 e. The summed E-state index contributed by atoms with van der Waals surface area (Å²) in [6, 6.07) is 3.73. The van der Waals surface area contributed by atoms with Crippen molar-refractivity contribution in [1.29, 1.82) is 0 Å². The van der Waals surface area contributed by atoms with E-state index >= 15 is 0 Å². The molecule has 0 radical (unpaired) electrons. The molecule has 0 spiro atoms. The van der Waals surface area contributed by atoms with Crippen molar-refractivity contribution in [2.24, 2.45) is 5.92 Å². The van der Waals surface area contributed by atoms with Gasteiger partial charge in [0.1, 0.15) is 0 Å². The summed E-state index contributed by atoms with van der Waals surface area (Å²) >= 11 is 3.21. The fourth-order valence-electron chi connectivity index (χ4n) is 1.53. The van der Waals surface area contributed by atoms with E-state index < -0.39 is 5.97 Å². The van der Waals surface area contributed by atoms with E-state index in [2.05, 4.69) is 5.32 Å². The normalized spacial score (nSPS) is 12.4. The zero-order chi connectivity index (χ0) is 14.3. The van der Waals surface area contributed by atoms with Crippen LogP contribution in [0.2, 0.25) is 0 Å². The van der Waals surface area contributed by atoms with Crippen molar-refractivity contribution in [3.63, 3.8) is 0 Å². The maximum absolute atomic E-state index is 11.7. The summed E-state index contributed by atoms with van der Waals surface area (Å²) in [5.74, 6) is 0.311. The van der Waals surface area contributed by atoms with E-state index in [-0.39, 0.29) is 24.3 Å². The predicted molar refractivity (Wildman–Crippen MR) is 79.5 cm³/mol. The molecule has 0 saturated carbocycles. The number of aliphatic carboxylic acids is 1. The average molecular weight is 301 g/mol. The van der Waals surface area contributed by atoms with Crippen LogP contribution in [0.1, 0.15) is 25.1 Å². The molecular formula is C13H19NO3S2. The fraction of sp³-hybridized carbons (Fsp3) is 0.538. The molecule has 1 aromatic heterocycles. The lowest BCUT2D eigenvalue weighted by atomic mass is 10.0. The third-order valence-electron chi connectivity index (χ3n) is 2.60. The molecule has 0 saturated heterocycles. The molecule has 0 aliphatic rings. The number of thioether (sulfide) groups is 1. The van der Waals surface area contributed by atoms with Gasteiger partial charge in [-0.05, 0) is 17.4 Å². The van der Waals surface area contributed by atoms with Gasteiger partial charge in [0.25, 0.3) is 0 Å². The van der Waals surface area contributed by atoms with Gasteiger partial charge in [0.2, 0.25) is 5.91 Å². The van der Waals surface area contributed by atoms with Crippen molar-refractivity contribution in [2.75, 3.05) is 5.75 Å². The van der Waals surface area contributed by atoms with Crippen molar-refractivity contribution in [3.8, 4) is 0 Å². The monoisotopic (exact) mass is 301 g/mol. The number of hydrogen-bond acceptors (Lipinski definition) is 4. The number of carboxylic acid groups (broad SMARTS) is 1.